The van der Waals surface area contributed by atoms with Crippen LogP contribution >= 0.6 is 0 Å². The average molecular weight is 395 g/mol. The highest BCUT2D eigenvalue weighted by Crippen LogP contribution is 2.39. The van der Waals surface area contributed by atoms with Gasteiger partial charge in [0.2, 0.25) is 0 Å². The van der Waals surface area contributed by atoms with E-state index < -0.39 is 11.4 Å². The van der Waals surface area contributed by atoms with Gasteiger partial charge in [-0.2, -0.15) is 0 Å². The number of carboxylic acid groups (broad SMARTS) is 1. The van der Waals surface area contributed by atoms with Crippen molar-refractivity contribution < 1.29 is 23.8 Å². The lowest BCUT2D eigenvalue weighted by Crippen LogP contribution is -2.22. The number of carbonyl (C=O) groups is 1. The Balaban J connectivity index is 1.80. The zero-order chi connectivity index (χ0) is 20.4. The van der Waals surface area contributed by atoms with Crippen molar-refractivity contribution in [3.63, 3.8) is 0 Å². The van der Waals surface area contributed by atoms with E-state index in [9.17, 15) is 14.7 Å². The zero-order valence-electron chi connectivity index (χ0n) is 16.0. The monoisotopic (exact) mass is 395 g/mol. The molecule has 1 N–H and O–H groups in total. The molecular formula is C22H21NO6. The molecule has 4 rings (SSSR count). The highest BCUT2D eigenvalue weighted by molar-refractivity contribution is 5.88. The van der Waals surface area contributed by atoms with Crippen molar-refractivity contribution in [2.24, 2.45) is 0 Å². The molecule has 0 amide bonds. The van der Waals surface area contributed by atoms with Gasteiger partial charge in [0.25, 0.3) is 0 Å². The van der Waals surface area contributed by atoms with Crippen LogP contribution in [0.25, 0.3) is 22.4 Å². The summed E-state index contributed by atoms with van der Waals surface area (Å²) < 4.78 is 18.2. The summed E-state index contributed by atoms with van der Waals surface area (Å²) in [7, 11) is 1.66. The Bertz CT molecular complexity index is 1100. The Hall–Kier alpha value is -3.32. The van der Waals surface area contributed by atoms with E-state index in [1.807, 2.05) is 22.8 Å². The van der Waals surface area contributed by atoms with Gasteiger partial charge in [-0.25, -0.2) is 4.79 Å². The molecule has 0 spiro atoms. The molecule has 0 fully saturated rings. The van der Waals surface area contributed by atoms with E-state index in [1.54, 1.807) is 19.6 Å². The maximum Gasteiger partial charge on any atom is 0.341 e. The molecule has 1 aliphatic heterocycles. The van der Waals surface area contributed by atoms with Crippen LogP contribution in [-0.4, -0.2) is 36.0 Å². The quantitative estimate of drug-likeness (QED) is 0.616. The molecule has 0 aliphatic carbocycles. The summed E-state index contributed by atoms with van der Waals surface area (Å²) in [5.74, 6) is -0.464. The molecule has 0 radical (unpaired) electrons. The second-order valence-electron chi connectivity index (χ2n) is 6.90. The number of methoxy groups -OCH3 is 1. The number of hydrogen-bond donors (Lipinski definition) is 1. The predicted molar refractivity (Wildman–Crippen MR) is 106 cm³/mol. The third kappa shape index (κ3) is 3.69. The van der Waals surface area contributed by atoms with E-state index in [0.29, 0.717) is 31.9 Å². The number of aromatic nitrogens is 1. The molecule has 0 atom stereocenters. The number of fused-ring (bicyclic) bond motifs is 3. The first kappa shape index (κ1) is 19.0. The molecule has 150 valence electrons. The van der Waals surface area contributed by atoms with Gasteiger partial charge in [-0.3, -0.25) is 4.79 Å². The van der Waals surface area contributed by atoms with E-state index in [4.69, 9.17) is 13.9 Å². The first-order chi connectivity index (χ1) is 14.1. The number of aromatic carboxylic acids is 1. The lowest BCUT2D eigenvalue weighted by atomic mass is 9.92. The molecule has 0 unspecified atom stereocenters. The van der Waals surface area contributed by atoms with Gasteiger partial charge in [0.1, 0.15) is 11.3 Å². The van der Waals surface area contributed by atoms with Gasteiger partial charge >= 0.3 is 5.97 Å². The van der Waals surface area contributed by atoms with Crippen LogP contribution in [-0.2, 0) is 17.7 Å². The zero-order valence-corrected chi connectivity index (χ0v) is 16.0. The number of rotatable bonds is 7. The molecule has 7 heteroatoms. The van der Waals surface area contributed by atoms with E-state index in [0.717, 1.165) is 34.4 Å². The van der Waals surface area contributed by atoms with Crippen LogP contribution in [0.5, 0.6) is 5.75 Å². The Morgan fingerprint density at radius 2 is 2.10 bits per heavy atom. The van der Waals surface area contributed by atoms with Gasteiger partial charge in [0.15, 0.2) is 5.43 Å². The smallest absolute Gasteiger partial charge is 0.341 e. The van der Waals surface area contributed by atoms with Gasteiger partial charge in [0, 0.05) is 55.6 Å². The van der Waals surface area contributed by atoms with Crippen molar-refractivity contribution >= 4 is 5.97 Å². The molecular weight excluding hydrogens is 374 g/mol. The number of carboxylic acids is 1. The van der Waals surface area contributed by atoms with Crippen LogP contribution in [0.4, 0.5) is 0 Å². The number of pyridine rings is 1. The van der Waals surface area contributed by atoms with Crippen LogP contribution in [0.15, 0.2) is 52.2 Å². The van der Waals surface area contributed by atoms with E-state index in [-0.39, 0.29) is 5.56 Å². The Morgan fingerprint density at radius 1 is 1.24 bits per heavy atom. The molecule has 3 heterocycles. The molecule has 0 saturated heterocycles. The van der Waals surface area contributed by atoms with E-state index in [2.05, 4.69) is 0 Å². The summed E-state index contributed by atoms with van der Waals surface area (Å²) in [5.41, 5.74) is 3.67. The fourth-order valence-corrected chi connectivity index (χ4v) is 3.61. The predicted octanol–water partition coefficient (Wildman–Crippen LogP) is 3.44. The maximum atomic E-state index is 12.3. The fraction of sp³-hybridized carbons (Fsp3) is 0.273. The van der Waals surface area contributed by atoms with Crippen molar-refractivity contribution in [2.75, 3.05) is 20.3 Å². The first-order valence-electron chi connectivity index (χ1n) is 9.38. The molecule has 2 aromatic heterocycles. The van der Waals surface area contributed by atoms with Crippen molar-refractivity contribution in [1.29, 1.82) is 0 Å². The Morgan fingerprint density at radius 3 is 2.83 bits per heavy atom. The lowest BCUT2D eigenvalue weighted by molar-refractivity contribution is 0.0694. The third-order valence-corrected chi connectivity index (χ3v) is 5.04. The summed E-state index contributed by atoms with van der Waals surface area (Å²) in [6, 6.07) is 7.24. The Labute approximate surface area is 167 Å². The highest BCUT2D eigenvalue weighted by Gasteiger charge is 2.22. The number of hydrogen-bond acceptors (Lipinski definition) is 5. The summed E-state index contributed by atoms with van der Waals surface area (Å²) >= 11 is 0. The first-order valence-corrected chi connectivity index (χ1v) is 9.38. The molecule has 0 bridgehead atoms. The van der Waals surface area contributed by atoms with Gasteiger partial charge < -0.3 is 23.6 Å². The maximum absolute atomic E-state index is 12.3. The summed E-state index contributed by atoms with van der Waals surface area (Å²) in [5, 5.41) is 9.24. The normalized spacial score (nSPS) is 12.3. The number of furan rings is 1. The van der Waals surface area contributed by atoms with Crippen molar-refractivity contribution in [1.82, 2.24) is 4.57 Å². The fourth-order valence-electron chi connectivity index (χ4n) is 3.61. The van der Waals surface area contributed by atoms with Gasteiger partial charge in [-0.15, -0.1) is 0 Å². The average Bonchev–Trinajstić information content (AvgIpc) is 3.24. The van der Waals surface area contributed by atoms with Crippen LogP contribution in [0.3, 0.4) is 0 Å². The molecule has 1 aromatic carbocycles. The second kappa shape index (κ2) is 7.97. The summed E-state index contributed by atoms with van der Waals surface area (Å²) in [6.45, 7) is 1.74. The number of benzene rings is 1. The largest absolute Gasteiger partial charge is 0.493 e. The third-order valence-electron chi connectivity index (χ3n) is 5.04. The topological polar surface area (TPSA) is 90.9 Å². The summed E-state index contributed by atoms with van der Waals surface area (Å²) in [6.07, 6.45) is 6.16. The second-order valence-corrected chi connectivity index (χ2v) is 6.90. The molecule has 3 aromatic rings. The summed E-state index contributed by atoms with van der Waals surface area (Å²) in [4.78, 5) is 23.6. The number of ether oxygens (including phenoxy) is 2. The minimum atomic E-state index is -1.21. The molecule has 7 nitrogen and oxygen atoms in total. The van der Waals surface area contributed by atoms with Gasteiger partial charge in [-0.05, 0) is 30.2 Å². The minimum absolute atomic E-state index is 0.217. The van der Waals surface area contributed by atoms with Crippen LogP contribution in [0.2, 0.25) is 0 Å². The lowest BCUT2D eigenvalue weighted by Gasteiger charge is -2.24. The van der Waals surface area contributed by atoms with Crippen LogP contribution in [0.1, 0.15) is 22.3 Å². The van der Waals surface area contributed by atoms with E-state index >= 15 is 0 Å². The van der Waals surface area contributed by atoms with Crippen molar-refractivity contribution in [2.45, 2.75) is 19.4 Å². The van der Waals surface area contributed by atoms with Gasteiger partial charge in [0.05, 0.1) is 24.8 Å². The minimum Gasteiger partial charge on any atom is -0.493 e. The SMILES string of the molecule is COCCCOc1cc2c(cc1-c1ccoc1)-c1cc(=O)c(C(=O)O)cn1CC2. The molecule has 1 aliphatic rings. The highest BCUT2D eigenvalue weighted by atomic mass is 16.5. The number of nitrogens with zero attached hydrogens (tertiary/aromatic N) is 1. The van der Waals surface area contributed by atoms with Crippen LogP contribution in [0, 0.1) is 0 Å². The van der Waals surface area contributed by atoms with Crippen molar-refractivity contribution in [3.8, 4) is 28.1 Å². The standard InChI is InChI=1S/C22H21NO6/c1-27-6-2-7-29-21-9-14-3-5-23-12-18(22(25)26)20(24)11-19(23)16(14)10-17(21)15-4-8-28-13-15/h4,8-13H,2-3,5-7H2,1H3,(H,25,26). The van der Waals surface area contributed by atoms with Crippen molar-refractivity contribution in [3.05, 3.63) is 64.3 Å². The number of aryl methyl sites for hydroxylation is 2. The van der Waals surface area contributed by atoms with Gasteiger partial charge in [-0.1, -0.05) is 0 Å². The van der Waals surface area contributed by atoms with E-state index in [1.165, 1.54) is 12.3 Å². The van der Waals surface area contributed by atoms with Crippen LogP contribution < -0.4 is 10.2 Å². The Kier molecular flexibility index (Phi) is 5.22. The molecule has 0 saturated carbocycles. The molecule has 29 heavy (non-hydrogen) atoms.